The average molecular weight is 792 g/mol. The monoisotopic (exact) mass is 791 g/mol. The number of hydrogen-bond acceptors (Lipinski definition) is 8. The van der Waals surface area contributed by atoms with E-state index in [9.17, 15) is 19.2 Å². The van der Waals surface area contributed by atoms with E-state index in [0.717, 1.165) is 74.9 Å². The second-order valence-corrected chi connectivity index (χ2v) is 16.8. The van der Waals surface area contributed by atoms with Gasteiger partial charge in [0, 0.05) is 50.4 Å². The van der Waals surface area contributed by atoms with E-state index < -0.39 is 23.8 Å². The lowest BCUT2D eigenvalue weighted by Crippen LogP contribution is -2.55. The Morgan fingerprint density at radius 3 is 2.00 bits per heavy atom. The maximum Gasteiger partial charge on any atom is 0.262 e. The van der Waals surface area contributed by atoms with E-state index in [2.05, 4.69) is 112 Å². The molecule has 1 N–H and O–H groups in total. The zero-order valence-electron chi connectivity index (χ0n) is 33.9. The number of nitrogens with zero attached hydrogens (tertiary/aromatic N) is 4. The highest BCUT2D eigenvalue weighted by Crippen LogP contribution is 2.39. The van der Waals surface area contributed by atoms with Gasteiger partial charge < -0.3 is 9.64 Å². The lowest BCUT2D eigenvalue weighted by atomic mass is 9.88. The fraction of sp³-hybridized carbons (Fsp3) is 0.388. The summed E-state index contributed by atoms with van der Waals surface area (Å²) in [6, 6.07) is 35.3. The van der Waals surface area contributed by atoms with Crippen molar-refractivity contribution in [2.24, 2.45) is 5.92 Å². The van der Waals surface area contributed by atoms with Gasteiger partial charge >= 0.3 is 0 Å². The molecule has 0 radical (unpaired) electrons. The predicted molar refractivity (Wildman–Crippen MR) is 229 cm³/mol. The molecule has 5 aliphatic heterocycles. The molecule has 4 aromatic rings. The minimum Gasteiger partial charge on any atom is -0.492 e. The van der Waals surface area contributed by atoms with Crippen LogP contribution in [0.15, 0.2) is 103 Å². The number of benzene rings is 4. The van der Waals surface area contributed by atoms with Crippen molar-refractivity contribution in [1.82, 2.24) is 20.0 Å². The van der Waals surface area contributed by atoms with Crippen LogP contribution in [0.2, 0.25) is 0 Å². The van der Waals surface area contributed by atoms with Crippen LogP contribution in [0.25, 0.3) is 11.1 Å². The molecule has 0 spiro atoms. The Morgan fingerprint density at radius 2 is 1.34 bits per heavy atom. The molecule has 4 amide bonds. The van der Waals surface area contributed by atoms with E-state index in [-0.39, 0.29) is 18.7 Å². The Kier molecular flexibility index (Phi) is 11.2. The molecule has 0 aliphatic carbocycles. The van der Waals surface area contributed by atoms with Crippen molar-refractivity contribution in [3.63, 3.8) is 0 Å². The average Bonchev–Trinajstić information content (AvgIpc) is 3.67. The first-order chi connectivity index (χ1) is 28.8. The number of piperidine rings is 2. The summed E-state index contributed by atoms with van der Waals surface area (Å²) < 4.78 is 6.29. The van der Waals surface area contributed by atoms with E-state index in [1.54, 1.807) is 6.07 Å². The summed E-state index contributed by atoms with van der Waals surface area (Å²) in [7, 11) is 0. The molecular formula is C49H53N5O5. The van der Waals surface area contributed by atoms with Crippen molar-refractivity contribution in [1.29, 1.82) is 0 Å². The van der Waals surface area contributed by atoms with Gasteiger partial charge in [0.2, 0.25) is 11.8 Å². The Labute approximate surface area is 346 Å². The van der Waals surface area contributed by atoms with Gasteiger partial charge in [-0.2, -0.15) is 0 Å². The highest BCUT2D eigenvalue weighted by atomic mass is 16.5. The largest absolute Gasteiger partial charge is 0.492 e. The minimum absolute atomic E-state index is 0.109. The fourth-order valence-corrected chi connectivity index (χ4v) is 10.2. The second kappa shape index (κ2) is 17.0. The van der Waals surface area contributed by atoms with Gasteiger partial charge in [-0.1, -0.05) is 79.7 Å². The maximum atomic E-state index is 13.5. The number of imide groups is 2. The lowest BCUT2D eigenvalue weighted by molar-refractivity contribution is -0.136. The van der Waals surface area contributed by atoms with Crippen molar-refractivity contribution in [3.05, 3.63) is 131 Å². The van der Waals surface area contributed by atoms with Crippen LogP contribution in [0.3, 0.4) is 0 Å². The van der Waals surface area contributed by atoms with Crippen LogP contribution >= 0.6 is 0 Å². The summed E-state index contributed by atoms with van der Waals surface area (Å²) >= 11 is 0. The van der Waals surface area contributed by atoms with Crippen molar-refractivity contribution >= 4 is 40.5 Å². The number of anilines is 1. The third kappa shape index (κ3) is 7.96. The standard InChI is InChI=1S/C49H53N5O5/c1-2-41(34-9-5-3-6-10-34)46(35-11-7-4-8-12-35)36-13-18-40(19-14-36)59-28-27-51-25-23-33(24-26-51)30-52-31-38-15-16-39(32-52)53(38)37-17-20-42-43(29-37)49(58)54(48(42)57)44-21-22-45(55)50-47(44)56/h3-14,17-20,29,33,38-39,44H,2,15-16,21-28,30-32H2,1H3,(H,50,55,56). The summed E-state index contributed by atoms with van der Waals surface area (Å²) in [6.07, 6.45) is 5.78. The molecule has 0 aromatic heterocycles. The molecule has 10 heteroatoms. The van der Waals surface area contributed by atoms with E-state index in [1.807, 2.05) is 12.1 Å². The van der Waals surface area contributed by atoms with Crippen LogP contribution in [0, 0.1) is 5.92 Å². The van der Waals surface area contributed by atoms with Crippen LogP contribution in [0.4, 0.5) is 5.69 Å². The van der Waals surface area contributed by atoms with Crippen LogP contribution in [0.1, 0.15) is 89.3 Å². The van der Waals surface area contributed by atoms with E-state index >= 15 is 0 Å². The Balaban J connectivity index is 0.753. The molecule has 10 nitrogen and oxygen atoms in total. The zero-order chi connectivity index (χ0) is 40.5. The van der Waals surface area contributed by atoms with Gasteiger partial charge in [0.1, 0.15) is 18.4 Å². The summed E-state index contributed by atoms with van der Waals surface area (Å²) in [4.78, 5) is 59.7. The molecule has 2 bridgehead atoms. The van der Waals surface area contributed by atoms with Gasteiger partial charge in [-0.05, 0) is 116 Å². The van der Waals surface area contributed by atoms with Gasteiger partial charge in [0.15, 0.2) is 0 Å². The summed E-state index contributed by atoms with van der Waals surface area (Å²) in [5.41, 5.74) is 7.91. The second-order valence-electron chi connectivity index (χ2n) is 16.8. The number of carbonyl (C=O) groups is 4. The van der Waals surface area contributed by atoms with Gasteiger partial charge in [-0.3, -0.25) is 39.2 Å². The fourth-order valence-electron chi connectivity index (χ4n) is 10.2. The molecule has 3 unspecified atom stereocenters. The number of carbonyl (C=O) groups excluding carboxylic acids is 4. The number of likely N-dealkylation sites (tertiary alicyclic amines) is 2. The number of hydrogen-bond donors (Lipinski definition) is 1. The third-order valence-corrected chi connectivity index (χ3v) is 13.2. The quantitative estimate of drug-likeness (QED) is 0.122. The van der Waals surface area contributed by atoms with Crippen molar-refractivity contribution < 1.29 is 23.9 Å². The molecule has 0 saturated carbocycles. The van der Waals surface area contributed by atoms with Crippen LogP contribution in [-0.4, -0.2) is 102 Å². The molecule has 9 rings (SSSR count). The number of fused-ring (bicyclic) bond motifs is 3. The molecular weight excluding hydrogens is 739 g/mol. The van der Waals surface area contributed by atoms with E-state index in [0.29, 0.717) is 35.7 Å². The Morgan fingerprint density at radius 1 is 0.695 bits per heavy atom. The molecule has 5 heterocycles. The summed E-state index contributed by atoms with van der Waals surface area (Å²) in [5.74, 6) is -0.298. The molecule has 59 heavy (non-hydrogen) atoms. The van der Waals surface area contributed by atoms with Crippen LogP contribution < -0.4 is 15.0 Å². The topological polar surface area (TPSA) is 102 Å². The van der Waals surface area contributed by atoms with E-state index in [4.69, 9.17) is 4.74 Å². The van der Waals surface area contributed by atoms with Gasteiger partial charge in [0.25, 0.3) is 11.8 Å². The number of ether oxygens (including phenoxy) is 1. The Bertz CT molecular complexity index is 2220. The number of amides is 4. The summed E-state index contributed by atoms with van der Waals surface area (Å²) in [6.45, 7) is 9.07. The van der Waals surface area contributed by atoms with Crippen molar-refractivity contribution in [3.8, 4) is 5.75 Å². The number of piperazine rings is 1. The summed E-state index contributed by atoms with van der Waals surface area (Å²) in [5, 5.41) is 2.28. The minimum atomic E-state index is -0.954. The molecule has 4 aromatic carbocycles. The molecule has 4 fully saturated rings. The SMILES string of the molecule is CCC(=C(c1ccccc1)c1ccc(OCCN2CCC(CN3CC4CCC(C3)N4c3ccc4c(c3)C(=O)N(C3CCC(=O)NC3=O)C4=O)CC2)cc1)c1ccccc1. The van der Waals surface area contributed by atoms with Gasteiger partial charge in [0.05, 0.1) is 11.1 Å². The van der Waals surface area contributed by atoms with Gasteiger partial charge in [-0.25, -0.2) is 0 Å². The van der Waals surface area contributed by atoms with Crippen LogP contribution in [-0.2, 0) is 9.59 Å². The lowest BCUT2D eigenvalue weighted by Gasteiger charge is -2.44. The van der Waals surface area contributed by atoms with Crippen molar-refractivity contribution in [2.45, 2.75) is 70.0 Å². The normalized spacial score (nSPS) is 23.0. The van der Waals surface area contributed by atoms with Crippen molar-refractivity contribution in [2.75, 3.05) is 50.8 Å². The predicted octanol–water partition coefficient (Wildman–Crippen LogP) is 6.90. The molecule has 3 atom stereocenters. The molecule has 4 saturated heterocycles. The third-order valence-electron chi connectivity index (χ3n) is 13.2. The number of allylic oxidation sites excluding steroid dienone is 1. The zero-order valence-corrected chi connectivity index (χ0v) is 33.9. The maximum absolute atomic E-state index is 13.5. The smallest absolute Gasteiger partial charge is 0.262 e. The number of nitrogens with one attached hydrogen (secondary N) is 1. The highest BCUT2D eigenvalue weighted by Gasteiger charge is 2.46. The Hall–Kier alpha value is -5.58. The highest BCUT2D eigenvalue weighted by molar-refractivity contribution is 6.23. The van der Waals surface area contributed by atoms with E-state index in [1.165, 1.54) is 40.7 Å². The first-order valence-corrected chi connectivity index (χ1v) is 21.5. The molecule has 304 valence electrons. The first-order valence-electron chi connectivity index (χ1n) is 21.5. The molecule has 5 aliphatic rings. The van der Waals surface area contributed by atoms with Crippen LogP contribution in [0.5, 0.6) is 5.75 Å². The van der Waals surface area contributed by atoms with Gasteiger partial charge in [-0.15, -0.1) is 0 Å². The number of rotatable bonds is 12. The first kappa shape index (κ1) is 38.9.